The molecule has 2 fully saturated rings. The van der Waals surface area contributed by atoms with E-state index < -0.39 is 11.6 Å². The number of H-pyrrole nitrogens is 1. The fraction of sp³-hybridized carbons (Fsp3) is 0.577. The number of benzene rings is 1. The van der Waals surface area contributed by atoms with Gasteiger partial charge in [0.05, 0.1) is 12.7 Å². The number of amides is 2. The maximum Gasteiger partial charge on any atom is 0.337 e. The van der Waals surface area contributed by atoms with Gasteiger partial charge in [-0.05, 0) is 49.3 Å². The molecular formula is C26H36N4O4. The predicted octanol–water partition coefficient (Wildman–Crippen LogP) is 3.07. The summed E-state index contributed by atoms with van der Waals surface area (Å²) >= 11 is 0. The molecule has 0 saturated carbocycles. The van der Waals surface area contributed by atoms with Gasteiger partial charge in [-0.25, -0.2) is 4.79 Å². The van der Waals surface area contributed by atoms with Crippen LogP contribution >= 0.6 is 0 Å². The summed E-state index contributed by atoms with van der Waals surface area (Å²) in [5.41, 5.74) is 1.82. The molecule has 1 aromatic heterocycles. The van der Waals surface area contributed by atoms with Crippen molar-refractivity contribution < 1.29 is 19.1 Å². The molecule has 1 atom stereocenters. The summed E-state index contributed by atoms with van der Waals surface area (Å²) in [5.74, 6) is 0.0652. The van der Waals surface area contributed by atoms with E-state index in [1.165, 1.54) is 7.11 Å². The fourth-order valence-corrected chi connectivity index (χ4v) is 5.44. The van der Waals surface area contributed by atoms with Gasteiger partial charge in [0.2, 0.25) is 11.8 Å². The van der Waals surface area contributed by atoms with Crippen molar-refractivity contribution in [3.8, 4) is 0 Å². The van der Waals surface area contributed by atoms with Gasteiger partial charge in [0, 0.05) is 43.3 Å². The molecule has 8 nitrogen and oxygen atoms in total. The maximum atomic E-state index is 13.3. The van der Waals surface area contributed by atoms with Crippen LogP contribution in [0.15, 0.2) is 24.4 Å². The molecule has 1 unspecified atom stereocenters. The molecule has 2 aliphatic heterocycles. The first kappa shape index (κ1) is 24.3. The molecule has 2 N–H and O–H groups in total. The smallest absolute Gasteiger partial charge is 0.337 e. The van der Waals surface area contributed by atoms with Crippen LogP contribution in [0.25, 0.3) is 10.9 Å². The van der Waals surface area contributed by atoms with Crippen molar-refractivity contribution in [3.05, 3.63) is 35.5 Å². The van der Waals surface area contributed by atoms with Crippen molar-refractivity contribution in [2.75, 3.05) is 26.7 Å². The lowest BCUT2D eigenvalue weighted by molar-refractivity contribution is -0.161. The summed E-state index contributed by atoms with van der Waals surface area (Å²) in [6, 6.07) is 5.13. The Bertz CT molecular complexity index is 1070. The van der Waals surface area contributed by atoms with Crippen LogP contribution in [-0.4, -0.2) is 70.9 Å². The number of hydrogen-bond donors (Lipinski definition) is 2. The minimum atomic E-state index is -0.743. The van der Waals surface area contributed by atoms with Gasteiger partial charge < -0.3 is 19.9 Å². The van der Waals surface area contributed by atoms with Crippen molar-refractivity contribution >= 4 is 28.7 Å². The van der Waals surface area contributed by atoms with Crippen LogP contribution in [0.1, 0.15) is 62.4 Å². The number of nitrogens with zero attached hydrogens (tertiary/aromatic N) is 2. The third kappa shape index (κ3) is 4.43. The molecule has 1 spiro atoms. The largest absolute Gasteiger partial charge is 0.465 e. The van der Waals surface area contributed by atoms with E-state index in [1.54, 1.807) is 6.07 Å². The lowest BCUT2D eigenvalue weighted by Gasteiger charge is -2.51. The first-order chi connectivity index (χ1) is 16.3. The Labute approximate surface area is 201 Å². The Hall–Kier alpha value is -2.87. The first-order valence-electron chi connectivity index (χ1n) is 12.3. The number of hydrogen-bond acceptors (Lipinski definition) is 5. The van der Waals surface area contributed by atoms with E-state index in [-0.39, 0.29) is 17.8 Å². The second-order valence-electron chi connectivity index (χ2n) is 10.0. The van der Waals surface area contributed by atoms with Crippen molar-refractivity contribution in [1.82, 2.24) is 20.1 Å². The number of piperidine rings is 1. The maximum absolute atomic E-state index is 13.3. The molecule has 8 heteroatoms. The number of ether oxygens (including phenoxy) is 1. The van der Waals surface area contributed by atoms with E-state index in [4.69, 9.17) is 4.74 Å². The van der Waals surface area contributed by atoms with Crippen molar-refractivity contribution in [2.45, 2.75) is 64.6 Å². The second kappa shape index (κ2) is 9.78. The number of carbonyl (C=O) groups is 3. The van der Waals surface area contributed by atoms with Crippen molar-refractivity contribution in [3.63, 3.8) is 0 Å². The quantitative estimate of drug-likeness (QED) is 0.609. The third-order valence-electron chi connectivity index (χ3n) is 7.23. The lowest BCUT2D eigenvalue weighted by Crippen LogP contribution is -2.73. The van der Waals surface area contributed by atoms with Gasteiger partial charge >= 0.3 is 5.97 Å². The molecule has 2 aromatic rings. The third-order valence-corrected chi connectivity index (χ3v) is 7.23. The molecule has 2 saturated heterocycles. The Kier molecular flexibility index (Phi) is 6.98. The molecule has 3 heterocycles. The second-order valence-corrected chi connectivity index (χ2v) is 10.0. The molecule has 34 heavy (non-hydrogen) atoms. The fourth-order valence-electron chi connectivity index (χ4n) is 5.44. The van der Waals surface area contributed by atoms with Crippen LogP contribution in [0.4, 0.5) is 0 Å². The van der Waals surface area contributed by atoms with E-state index in [2.05, 4.69) is 36.0 Å². The number of likely N-dealkylation sites (tertiary alicyclic amines) is 1. The van der Waals surface area contributed by atoms with Gasteiger partial charge in [-0.3, -0.25) is 14.5 Å². The molecule has 0 radical (unpaired) electrons. The number of piperazine rings is 1. The summed E-state index contributed by atoms with van der Waals surface area (Å²) in [5, 5.41) is 4.13. The van der Waals surface area contributed by atoms with Crippen molar-refractivity contribution in [1.29, 1.82) is 0 Å². The zero-order valence-electron chi connectivity index (χ0n) is 20.6. The van der Waals surface area contributed by atoms with Crippen LogP contribution in [0.2, 0.25) is 0 Å². The van der Waals surface area contributed by atoms with Gasteiger partial charge in [0.25, 0.3) is 0 Å². The monoisotopic (exact) mass is 468 g/mol. The topological polar surface area (TPSA) is 94.7 Å². The molecule has 4 rings (SSSR count). The Morgan fingerprint density at radius 2 is 1.97 bits per heavy atom. The van der Waals surface area contributed by atoms with Crippen LogP contribution in [0.3, 0.4) is 0 Å². The number of rotatable bonds is 7. The average molecular weight is 469 g/mol. The molecule has 0 aliphatic carbocycles. The predicted molar refractivity (Wildman–Crippen MR) is 130 cm³/mol. The van der Waals surface area contributed by atoms with Gasteiger partial charge in [-0.15, -0.1) is 0 Å². The minimum Gasteiger partial charge on any atom is -0.465 e. The molecule has 2 amide bonds. The van der Waals surface area contributed by atoms with Gasteiger partial charge in [0.1, 0.15) is 11.6 Å². The van der Waals surface area contributed by atoms with E-state index in [9.17, 15) is 14.4 Å². The number of nitrogens with one attached hydrogen (secondary N) is 2. The highest BCUT2D eigenvalue weighted by Gasteiger charge is 2.53. The minimum absolute atomic E-state index is 0.00767. The number of methoxy groups -OCH3 is 1. The molecule has 2 aliphatic rings. The standard InChI is InChI=1S/C26H36N4O4/c1-5-10-30-23(31)22(13-17(2)3)28-25(33)26(30)8-11-29(12-9-26)16-19-15-27-21-14-18(24(32)34-4)6-7-20(19)21/h6-7,14-15,17,22,27H,5,8-13,16H2,1-4H3,(H,28,33). The van der Waals surface area contributed by atoms with Gasteiger partial charge in [-0.1, -0.05) is 26.8 Å². The number of aromatic nitrogens is 1. The summed E-state index contributed by atoms with van der Waals surface area (Å²) in [4.78, 5) is 46.0. The van der Waals surface area contributed by atoms with Crippen molar-refractivity contribution in [2.24, 2.45) is 5.92 Å². The van der Waals surface area contributed by atoms with E-state index in [0.29, 0.717) is 37.3 Å². The normalized spacial score (nSPS) is 20.9. The SMILES string of the molecule is CCCN1C(=O)C(CC(C)C)NC(=O)C12CCN(Cc1c[nH]c3cc(C(=O)OC)ccc13)CC2. The Morgan fingerprint density at radius 3 is 2.62 bits per heavy atom. The number of carbonyl (C=O) groups excluding carboxylic acids is 3. The number of fused-ring (bicyclic) bond motifs is 1. The van der Waals surface area contributed by atoms with E-state index >= 15 is 0 Å². The summed E-state index contributed by atoms with van der Waals surface area (Å²) in [7, 11) is 1.38. The first-order valence-corrected chi connectivity index (χ1v) is 12.3. The summed E-state index contributed by atoms with van der Waals surface area (Å²) in [6.45, 7) is 9.05. The van der Waals surface area contributed by atoms with Gasteiger partial charge in [-0.2, -0.15) is 0 Å². The highest BCUT2D eigenvalue weighted by Crippen LogP contribution is 2.35. The van der Waals surface area contributed by atoms with E-state index in [0.717, 1.165) is 42.5 Å². The zero-order valence-corrected chi connectivity index (χ0v) is 20.6. The van der Waals surface area contributed by atoms with Crippen LogP contribution < -0.4 is 5.32 Å². The van der Waals surface area contributed by atoms with Gasteiger partial charge in [0.15, 0.2) is 0 Å². The molecule has 184 valence electrons. The van der Waals surface area contributed by atoms with Crippen LogP contribution in [0, 0.1) is 5.92 Å². The summed E-state index contributed by atoms with van der Waals surface area (Å²) < 4.78 is 4.81. The Balaban J connectivity index is 1.47. The highest BCUT2D eigenvalue weighted by atomic mass is 16.5. The lowest BCUT2D eigenvalue weighted by atomic mass is 9.80. The number of aromatic amines is 1. The molecule has 0 bridgehead atoms. The summed E-state index contributed by atoms with van der Waals surface area (Å²) in [6.07, 6.45) is 4.75. The molecular weight excluding hydrogens is 432 g/mol. The van der Waals surface area contributed by atoms with Crippen LogP contribution in [0.5, 0.6) is 0 Å². The molecule has 1 aromatic carbocycles. The van der Waals surface area contributed by atoms with E-state index in [1.807, 2.05) is 23.2 Å². The Morgan fingerprint density at radius 1 is 1.24 bits per heavy atom. The average Bonchev–Trinajstić information content (AvgIpc) is 3.22. The zero-order chi connectivity index (χ0) is 24.5. The number of esters is 1. The van der Waals surface area contributed by atoms with Crippen LogP contribution in [-0.2, 0) is 20.9 Å². The highest BCUT2D eigenvalue weighted by molar-refractivity contribution is 6.00.